The third-order valence-electron chi connectivity index (χ3n) is 4.99. The van der Waals surface area contributed by atoms with E-state index < -0.39 is 17.2 Å². The van der Waals surface area contributed by atoms with E-state index in [0.29, 0.717) is 23.5 Å². The van der Waals surface area contributed by atoms with Crippen LogP contribution in [-0.4, -0.2) is 37.9 Å². The second-order valence-electron chi connectivity index (χ2n) is 7.53. The number of aromatic nitrogens is 4. The zero-order chi connectivity index (χ0) is 23.5. The molecule has 1 unspecified atom stereocenters. The van der Waals surface area contributed by atoms with E-state index in [-0.39, 0.29) is 16.6 Å². The average molecular weight is 459 g/mol. The molecule has 3 aromatic heterocycles. The van der Waals surface area contributed by atoms with Crippen LogP contribution in [0.4, 0.5) is 15.9 Å². The van der Waals surface area contributed by atoms with E-state index in [1.807, 2.05) is 27.7 Å². The summed E-state index contributed by atoms with van der Waals surface area (Å²) in [6, 6.07) is 1.56. The molecule has 1 atom stereocenters. The second-order valence-corrected chi connectivity index (χ2v) is 7.94. The predicted molar refractivity (Wildman–Crippen MR) is 123 cm³/mol. The summed E-state index contributed by atoms with van der Waals surface area (Å²) < 4.78 is 15.4. The largest absolute Gasteiger partial charge is 0.324 e. The lowest BCUT2D eigenvalue weighted by Gasteiger charge is -2.19. The van der Waals surface area contributed by atoms with Crippen molar-refractivity contribution in [3.63, 3.8) is 0 Å². The summed E-state index contributed by atoms with van der Waals surface area (Å²) in [5.41, 5.74) is 4.27. The van der Waals surface area contributed by atoms with Crippen LogP contribution < -0.4 is 10.7 Å². The fourth-order valence-electron chi connectivity index (χ4n) is 3.75. The minimum Gasteiger partial charge on any atom is -0.324 e. The van der Waals surface area contributed by atoms with Gasteiger partial charge in [0.1, 0.15) is 0 Å². The molecule has 0 aromatic carbocycles. The van der Waals surface area contributed by atoms with E-state index in [1.165, 1.54) is 16.9 Å². The van der Waals surface area contributed by atoms with Gasteiger partial charge in [-0.1, -0.05) is 39.3 Å². The Morgan fingerprint density at radius 3 is 2.78 bits per heavy atom. The number of anilines is 2. The van der Waals surface area contributed by atoms with Crippen LogP contribution >= 0.6 is 11.6 Å². The van der Waals surface area contributed by atoms with Crippen molar-refractivity contribution in [3.05, 3.63) is 46.8 Å². The Morgan fingerprint density at radius 1 is 1.34 bits per heavy atom. The number of carbonyl (C=O) groups is 1. The minimum atomic E-state index is -0.499. The van der Waals surface area contributed by atoms with Gasteiger partial charge in [-0.2, -0.15) is 10.2 Å². The molecule has 32 heavy (non-hydrogen) atoms. The lowest BCUT2D eigenvalue weighted by molar-refractivity contribution is -0.117. The van der Waals surface area contributed by atoms with E-state index in [2.05, 4.69) is 30.9 Å². The first-order valence-corrected chi connectivity index (χ1v) is 10.5. The first kappa shape index (κ1) is 23.3. The van der Waals surface area contributed by atoms with Gasteiger partial charge in [-0.25, -0.2) is 18.9 Å². The van der Waals surface area contributed by atoms with Gasteiger partial charge in [0.15, 0.2) is 17.3 Å². The van der Waals surface area contributed by atoms with Crippen LogP contribution in [0.5, 0.6) is 0 Å². The molecule has 3 N–H and O–H groups in total. The fraction of sp³-hybridized carbons (Fsp3) is 0.333. The maximum absolute atomic E-state index is 13.9. The summed E-state index contributed by atoms with van der Waals surface area (Å²) in [5, 5.41) is 17.8. The number of amides is 1. The molecule has 1 amide bonds. The standard InChI is InChI=1S/C19H18ClFN8O.C2H6/c1-19(2)6-11(12-8-24-17-14(21)9-26-29(17)15(12)19)18(30)27-10-5-13(20)16(23-7-10)28-25-4-3-22;1-2/h3-5,7-9,11,22H,6H2,1-2H3,(H,23,28)(H,27,30);1-2H3/b22-3?,25-4-;. The van der Waals surface area contributed by atoms with E-state index in [9.17, 15) is 9.18 Å². The van der Waals surface area contributed by atoms with Crippen molar-refractivity contribution in [1.29, 1.82) is 5.41 Å². The predicted octanol–water partition coefficient (Wildman–Crippen LogP) is 4.39. The SMILES string of the molecule is CC.CC1(C)CC(C(=O)Nc2cnc(N/N=C\C=N)c(Cl)c2)c2cnc3c(F)cnn3c21. The Labute approximate surface area is 189 Å². The van der Waals surface area contributed by atoms with Crippen LogP contribution in [0.15, 0.2) is 29.8 Å². The zero-order valence-electron chi connectivity index (χ0n) is 18.1. The van der Waals surface area contributed by atoms with Gasteiger partial charge >= 0.3 is 0 Å². The van der Waals surface area contributed by atoms with Gasteiger partial charge in [-0.05, 0) is 12.5 Å². The lowest BCUT2D eigenvalue weighted by atomic mass is 9.88. The van der Waals surface area contributed by atoms with Crippen molar-refractivity contribution in [2.75, 3.05) is 10.7 Å². The zero-order valence-corrected chi connectivity index (χ0v) is 18.9. The van der Waals surface area contributed by atoms with Gasteiger partial charge in [0.05, 0.1) is 40.9 Å². The average Bonchev–Trinajstić information content (AvgIpc) is 3.28. The number of nitrogens with zero attached hydrogens (tertiary/aromatic N) is 5. The minimum absolute atomic E-state index is 0.146. The molecule has 0 spiro atoms. The van der Waals surface area contributed by atoms with Gasteiger partial charge in [-0.3, -0.25) is 10.2 Å². The van der Waals surface area contributed by atoms with Crippen LogP contribution in [0, 0.1) is 11.2 Å². The highest BCUT2D eigenvalue weighted by atomic mass is 35.5. The second kappa shape index (κ2) is 9.39. The Morgan fingerprint density at radius 2 is 2.09 bits per heavy atom. The highest BCUT2D eigenvalue weighted by Crippen LogP contribution is 2.46. The number of pyridine rings is 1. The third kappa shape index (κ3) is 4.31. The molecule has 0 saturated carbocycles. The van der Waals surface area contributed by atoms with E-state index in [0.717, 1.165) is 18.1 Å². The van der Waals surface area contributed by atoms with Crippen LogP contribution in [0.3, 0.4) is 0 Å². The summed E-state index contributed by atoms with van der Waals surface area (Å²) in [5.74, 6) is -0.919. The Bertz CT molecular complexity index is 1190. The molecule has 1 aliphatic carbocycles. The van der Waals surface area contributed by atoms with E-state index in [4.69, 9.17) is 17.0 Å². The number of fused-ring (bicyclic) bond motifs is 3. The van der Waals surface area contributed by atoms with Crippen LogP contribution in [0.25, 0.3) is 5.65 Å². The Kier molecular flexibility index (Phi) is 6.83. The topological polar surface area (TPSA) is 120 Å². The van der Waals surface area contributed by atoms with E-state index >= 15 is 0 Å². The summed E-state index contributed by atoms with van der Waals surface area (Å²) in [6.45, 7) is 7.98. The molecule has 4 rings (SSSR count). The molecule has 0 saturated heterocycles. The molecule has 9 nitrogen and oxygen atoms in total. The van der Waals surface area contributed by atoms with Crippen LogP contribution in [0.1, 0.15) is 51.3 Å². The molecule has 0 aliphatic heterocycles. The van der Waals surface area contributed by atoms with Crippen molar-refractivity contribution in [2.45, 2.75) is 45.4 Å². The number of halogens is 2. The quantitative estimate of drug-likeness (QED) is 0.386. The van der Waals surface area contributed by atoms with Crippen molar-refractivity contribution >= 4 is 47.1 Å². The third-order valence-corrected chi connectivity index (χ3v) is 5.28. The van der Waals surface area contributed by atoms with Crippen LogP contribution in [0.2, 0.25) is 5.02 Å². The van der Waals surface area contributed by atoms with Crippen LogP contribution in [-0.2, 0) is 10.2 Å². The molecule has 0 fully saturated rings. The first-order valence-electron chi connectivity index (χ1n) is 10.1. The normalized spacial score (nSPS) is 16.4. The first-order chi connectivity index (χ1) is 15.3. The molecule has 0 bridgehead atoms. The van der Waals surface area contributed by atoms with E-state index in [1.54, 1.807) is 12.3 Å². The number of hydrogen-bond acceptors (Lipinski definition) is 7. The number of hydrazone groups is 1. The summed E-state index contributed by atoms with van der Waals surface area (Å²) in [6.07, 6.45) is 6.91. The molecule has 11 heteroatoms. The molecule has 3 aromatic rings. The smallest absolute Gasteiger partial charge is 0.232 e. The monoisotopic (exact) mass is 458 g/mol. The highest BCUT2D eigenvalue weighted by molar-refractivity contribution is 6.33. The highest BCUT2D eigenvalue weighted by Gasteiger charge is 2.43. The maximum atomic E-state index is 13.9. The molecule has 3 heterocycles. The van der Waals surface area contributed by atoms with Crippen molar-refractivity contribution < 1.29 is 9.18 Å². The van der Waals surface area contributed by atoms with Crippen molar-refractivity contribution in [3.8, 4) is 0 Å². The van der Waals surface area contributed by atoms with Crippen molar-refractivity contribution in [1.82, 2.24) is 19.6 Å². The van der Waals surface area contributed by atoms with Gasteiger partial charge in [0.2, 0.25) is 5.91 Å². The molecule has 168 valence electrons. The number of hydrogen-bond donors (Lipinski definition) is 3. The number of rotatable bonds is 5. The van der Waals surface area contributed by atoms with Gasteiger partial charge < -0.3 is 10.7 Å². The number of carbonyl (C=O) groups excluding carboxylic acids is 1. The fourth-order valence-corrected chi connectivity index (χ4v) is 3.96. The summed E-state index contributed by atoms with van der Waals surface area (Å²) in [7, 11) is 0. The molecule has 1 aliphatic rings. The van der Waals surface area contributed by atoms with Crippen molar-refractivity contribution in [2.24, 2.45) is 5.10 Å². The number of nitrogens with one attached hydrogen (secondary N) is 3. The Balaban J connectivity index is 0.00000141. The lowest BCUT2D eigenvalue weighted by Crippen LogP contribution is -2.21. The van der Waals surface area contributed by atoms with Gasteiger partial charge in [-0.15, -0.1) is 0 Å². The maximum Gasteiger partial charge on any atom is 0.232 e. The molecule has 0 radical (unpaired) electrons. The summed E-state index contributed by atoms with van der Waals surface area (Å²) >= 11 is 6.18. The molecular weight excluding hydrogens is 435 g/mol. The van der Waals surface area contributed by atoms with Gasteiger partial charge in [0.25, 0.3) is 0 Å². The summed E-state index contributed by atoms with van der Waals surface area (Å²) in [4.78, 5) is 21.3. The van der Waals surface area contributed by atoms with Gasteiger partial charge in [0, 0.05) is 23.4 Å². The Hall–Kier alpha value is -3.40. The molecular formula is C21H24ClFN8O.